The summed E-state index contributed by atoms with van der Waals surface area (Å²) in [6.45, 7) is 2.81. The van der Waals surface area contributed by atoms with Gasteiger partial charge < -0.3 is 24.0 Å². The predicted octanol–water partition coefficient (Wildman–Crippen LogP) is 1.92. The van der Waals surface area contributed by atoms with Crippen LogP contribution >= 0.6 is 11.3 Å². The Kier molecular flexibility index (Phi) is 5.45. The van der Waals surface area contributed by atoms with Crippen LogP contribution in [0.25, 0.3) is 10.9 Å². The largest absolute Gasteiger partial charge is 0.497 e. The molecule has 0 radical (unpaired) electrons. The predicted molar refractivity (Wildman–Crippen MR) is 122 cm³/mol. The van der Waals surface area contributed by atoms with Gasteiger partial charge in [0.1, 0.15) is 17.4 Å². The summed E-state index contributed by atoms with van der Waals surface area (Å²) in [7, 11) is 5.27. The van der Waals surface area contributed by atoms with E-state index in [9.17, 15) is 9.90 Å². The van der Waals surface area contributed by atoms with Crippen LogP contribution in [0.1, 0.15) is 22.3 Å². The van der Waals surface area contributed by atoms with Gasteiger partial charge in [-0.3, -0.25) is 9.69 Å². The van der Waals surface area contributed by atoms with Gasteiger partial charge >= 0.3 is 0 Å². The number of thiazole rings is 1. The van der Waals surface area contributed by atoms with Gasteiger partial charge in [-0.05, 0) is 17.7 Å². The second-order valence-corrected chi connectivity index (χ2v) is 9.67. The van der Waals surface area contributed by atoms with Crippen LogP contribution in [0, 0.1) is 0 Å². The number of aliphatic hydroxyl groups is 1. The Labute approximate surface area is 191 Å². The quantitative estimate of drug-likeness (QED) is 0.611. The van der Waals surface area contributed by atoms with Crippen LogP contribution in [-0.4, -0.2) is 77.4 Å². The Balaban J connectivity index is 1.63. The van der Waals surface area contributed by atoms with Crippen molar-refractivity contribution in [1.82, 2.24) is 19.4 Å². The average Bonchev–Trinajstić information content (AvgIpc) is 3.38. The maximum absolute atomic E-state index is 12.5. The molecule has 9 heteroatoms. The zero-order chi connectivity index (χ0) is 22.5. The number of nitrogens with zero attached hydrogens (tertiary/aromatic N) is 4. The van der Waals surface area contributed by atoms with Gasteiger partial charge in [0.15, 0.2) is 0 Å². The Morgan fingerprint density at radius 3 is 2.78 bits per heavy atom. The van der Waals surface area contributed by atoms with Crippen LogP contribution in [0.15, 0.2) is 29.8 Å². The highest BCUT2D eigenvalue weighted by molar-refractivity contribution is 7.09. The summed E-state index contributed by atoms with van der Waals surface area (Å²) >= 11 is 1.62. The third-order valence-corrected chi connectivity index (χ3v) is 7.61. The van der Waals surface area contributed by atoms with Crippen LogP contribution in [0.5, 0.6) is 5.75 Å². The zero-order valence-corrected chi connectivity index (χ0v) is 19.4. The van der Waals surface area contributed by atoms with E-state index < -0.39 is 0 Å². The minimum atomic E-state index is -0.199. The normalized spacial score (nSPS) is 19.9. The topological polar surface area (TPSA) is 80.1 Å². The van der Waals surface area contributed by atoms with Gasteiger partial charge in [-0.2, -0.15) is 0 Å². The summed E-state index contributed by atoms with van der Waals surface area (Å²) in [4.78, 5) is 21.2. The molecule has 5 rings (SSSR count). The van der Waals surface area contributed by atoms with E-state index in [2.05, 4.69) is 27.6 Å². The third-order valence-electron chi connectivity index (χ3n) is 6.85. The second kappa shape index (κ2) is 8.15. The molecule has 4 heterocycles. The lowest BCUT2D eigenvalue weighted by Gasteiger charge is -2.56. The number of aromatic nitrogens is 2. The highest BCUT2D eigenvalue weighted by Crippen LogP contribution is 2.50. The van der Waals surface area contributed by atoms with Crippen molar-refractivity contribution in [2.75, 3.05) is 47.1 Å². The first-order valence-electron chi connectivity index (χ1n) is 10.7. The first kappa shape index (κ1) is 21.4. The van der Waals surface area contributed by atoms with Crippen LogP contribution in [0.4, 0.5) is 0 Å². The molecule has 1 saturated heterocycles. The number of amides is 1. The van der Waals surface area contributed by atoms with Crippen LogP contribution < -0.4 is 4.74 Å². The number of fused-ring (bicyclic) bond motifs is 4. The van der Waals surface area contributed by atoms with Crippen molar-refractivity contribution in [3.05, 3.63) is 46.0 Å². The molecular formula is C23H28N4O4S. The molecule has 2 aliphatic rings. The number of hydrogen-bond acceptors (Lipinski definition) is 7. The summed E-state index contributed by atoms with van der Waals surface area (Å²) < 4.78 is 12.7. The molecule has 0 aliphatic carbocycles. The van der Waals surface area contributed by atoms with Crippen molar-refractivity contribution in [3.8, 4) is 5.75 Å². The molecule has 8 nitrogen and oxygen atoms in total. The van der Waals surface area contributed by atoms with Crippen molar-refractivity contribution in [2.24, 2.45) is 7.05 Å². The van der Waals surface area contributed by atoms with Gasteiger partial charge in [-0.15, -0.1) is 11.3 Å². The molecule has 1 amide bonds. The fourth-order valence-electron chi connectivity index (χ4n) is 5.47. The number of benzene rings is 1. The number of aryl methyl sites for hydroxylation is 1. The Bertz CT molecular complexity index is 1140. The number of carbonyl (C=O) groups excluding carboxylic acids is 1. The maximum Gasteiger partial charge on any atom is 0.248 e. The molecule has 2 aromatic heterocycles. The lowest BCUT2D eigenvalue weighted by atomic mass is 9.68. The first-order chi connectivity index (χ1) is 15.5. The molecule has 0 bridgehead atoms. The van der Waals surface area contributed by atoms with Crippen molar-refractivity contribution < 1.29 is 19.4 Å². The van der Waals surface area contributed by atoms with E-state index in [0.29, 0.717) is 19.6 Å². The molecule has 1 N–H and O–H groups in total. The molecule has 1 fully saturated rings. The summed E-state index contributed by atoms with van der Waals surface area (Å²) in [5.41, 5.74) is 3.23. The first-order valence-corrected chi connectivity index (χ1v) is 11.6. The molecule has 1 aromatic carbocycles. The van der Waals surface area contributed by atoms with Gasteiger partial charge in [0.05, 0.1) is 31.8 Å². The lowest BCUT2D eigenvalue weighted by Crippen LogP contribution is -2.68. The molecule has 2 aliphatic heterocycles. The molecule has 3 aromatic rings. The second-order valence-electron chi connectivity index (χ2n) is 8.69. The van der Waals surface area contributed by atoms with Crippen molar-refractivity contribution >= 4 is 28.1 Å². The average molecular weight is 457 g/mol. The lowest BCUT2D eigenvalue weighted by molar-refractivity contribution is -0.144. The van der Waals surface area contributed by atoms with Gasteiger partial charge in [0.2, 0.25) is 5.91 Å². The summed E-state index contributed by atoms with van der Waals surface area (Å²) in [6, 6.07) is 6.00. The third kappa shape index (κ3) is 3.23. The van der Waals surface area contributed by atoms with Gasteiger partial charge in [-0.1, -0.05) is 0 Å². The van der Waals surface area contributed by atoms with E-state index in [0.717, 1.165) is 33.9 Å². The number of ether oxygens (including phenoxy) is 2. The van der Waals surface area contributed by atoms with Crippen molar-refractivity contribution in [2.45, 2.75) is 18.0 Å². The summed E-state index contributed by atoms with van der Waals surface area (Å²) in [5.74, 6) is 0.813. The molecule has 1 atom stereocenters. The summed E-state index contributed by atoms with van der Waals surface area (Å²) in [5, 5.41) is 14.6. The smallest absolute Gasteiger partial charge is 0.248 e. The monoisotopic (exact) mass is 456 g/mol. The van der Waals surface area contributed by atoms with Crippen molar-refractivity contribution in [3.63, 3.8) is 0 Å². The number of methoxy groups -OCH3 is 2. The Hall–Kier alpha value is -2.46. The van der Waals surface area contributed by atoms with Crippen LogP contribution in [0.2, 0.25) is 0 Å². The van der Waals surface area contributed by atoms with E-state index in [1.165, 1.54) is 5.56 Å². The van der Waals surface area contributed by atoms with E-state index in [-0.39, 0.29) is 30.6 Å². The molecule has 0 unspecified atom stereocenters. The standard InChI is InChI=1S/C23H28N4O4S/c1-25-17-8-15(31-3)4-5-16(17)21-22(25)18(10-28)26(9-19-24-6-7-32-19)12-23(21)13-27(14-23)20(29)11-30-2/h4-8,18,28H,9-14H2,1-3H3/t18-/m0/s1. The maximum atomic E-state index is 12.5. The van der Waals surface area contributed by atoms with Crippen LogP contribution in [0.3, 0.4) is 0 Å². The van der Waals surface area contributed by atoms with E-state index >= 15 is 0 Å². The molecular weight excluding hydrogens is 428 g/mol. The highest BCUT2D eigenvalue weighted by Gasteiger charge is 2.54. The zero-order valence-electron chi connectivity index (χ0n) is 18.6. The number of rotatable bonds is 6. The van der Waals surface area contributed by atoms with Gasteiger partial charge in [-0.25, -0.2) is 4.98 Å². The highest BCUT2D eigenvalue weighted by atomic mass is 32.1. The number of carbonyl (C=O) groups is 1. The SMILES string of the molecule is COCC(=O)N1CC2(C1)CN(Cc1nccs1)[C@@H](CO)c1c2c2ccc(OC)cc2n1C. The Morgan fingerprint density at radius 1 is 1.31 bits per heavy atom. The number of aliphatic hydroxyl groups excluding tert-OH is 1. The molecule has 32 heavy (non-hydrogen) atoms. The fraction of sp³-hybridized carbons (Fsp3) is 0.478. The Morgan fingerprint density at radius 2 is 2.12 bits per heavy atom. The van der Waals surface area contributed by atoms with Crippen LogP contribution in [-0.2, 0) is 28.5 Å². The van der Waals surface area contributed by atoms with E-state index in [1.54, 1.807) is 25.6 Å². The van der Waals surface area contributed by atoms with E-state index in [4.69, 9.17) is 9.47 Å². The molecule has 0 saturated carbocycles. The fourth-order valence-corrected chi connectivity index (χ4v) is 6.11. The van der Waals surface area contributed by atoms with E-state index in [1.807, 2.05) is 28.6 Å². The summed E-state index contributed by atoms with van der Waals surface area (Å²) in [6.07, 6.45) is 1.82. The minimum Gasteiger partial charge on any atom is -0.497 e. The van der Waals surface area contributed by atoms with Crippen molar-refractivity contribution in [1.29, 1.82) is 0 Å². The van der Waals surface area contributed by atoms with Gasteiger partial charge in [0.25, 0.3) is 0 Å². The molecule has 170 valence electrons. The molecule has 1 spiro atoms. The number of likely N-dealkylation sites (tertiary alicyclic amines) is 1. The van der Waals surface area contributed by atoms with Gasteiger partial charge in [0, 0.05) is 67.9 Å². The minimum absolute atomic E-state index is 0.0114. The number of hydrogen-bond donors (Lipinski definition) is 1.